The average molecular weight is 411 g/mol. The highest BCUT2D eigenvalue weighted by atomic mass is 79.9. The van der Waals surface area contributed by atoms with Gasteiger partial charge >= 0.3 is 0 Å². The van der Waals surface area contributed by atoms with Crippen LogP contribution in [0.3, 0.4) is 0 Å². The molecule has 0 unspecified atom stereocenters. The fraction of sp³-hybridized carbons (Fsp3) is 0.316. The number of imidazole rings is 1. The largest absolute Gasteiger partial charge is 0.381 e. The van der Waals surface area contributed by atoms with Crippen molar-refractivity contribution < 1.29 is 0 Å². The zero-order chi connectivity index (χ0) is 18.1. The number of hydrogen-bond acceptors (Lipinski definition) is 5. The lowest BCUT2D eigenvalue weighted by Crippen LogP contribution is -2.16. The average Bonchev–Trinajstić information content (AvgIpc) is 3.35. The van der Waals surface area contributed by atoms with Crippen LogP contribution in [0.5, 0.6) is 0 Å². The van der Waals surface area contributed by atoms with Gasteiger partial charge in [-0.1, -0.05) is 12.8 Å². The van der Waals surface area contributed by atoms with Crippen molar-refractivity contribution in [3.63, 3.8) is 0 Å². The zero-order valence-electron chi connectivity index (χ0n) is 14.5. The van der Waals surface area contributed by atoms with Gasteiger partial charge in [0.05, 0.1) is 29.3 Å². The molecule has 2 N–H and O–H groups in total. The van der Waals surface area contributed by atoms with E-state index in [0.717, 1.165) is 45.4 Å². The molecule has 0 radical (unpaired) electrons. The minimum absolute atomic E-state index is 0.417. The Morgan fingerprint density at radius 3 is 2.81 bits per heavy atom. The Hall–Kier alpha value is -2.59. The first-order chi connectivity index (χ1) is 12.7. The Kier molecular flexibility index (Phi) is 4.51. The molecule has 4 rings (SSSR count). The summed E-state index contributed by atoms with van der Waals surface area (Å²) in [4.78, 5) is 13.7. The van der Waals surface area contributed by atoms with Crippen LogP contribution in [-0.4, -0.2) is 28.0 Å². The number of nitrogens with zero attached hydrogens (tertiary/aromatic N) is 4. The predicted octanol–water partition coefficient (Wildman–Crippen LogP) is 4.71. The van der Waals surface area contributed by atoms with Crippen molar-refractivity contribution in [2.75, 3.05) is 17.3 Å². The molecule has 1 aliphatic rings. The zero-order valence-corrected chi connectivity index (χ0v) is 16.0. The smallest absolute Gasteiger partial charge is 0.130 e. The molecule has 6 nitrogen and oxygen atoms in total. The number of rotatable bonds is 4. The van der Waals surface area contributed by atoms with Crippen molar-refractivity contribution in [3.8, 4) is 6.07 Å². The third-order valence-corrected chi connectivity index (χ3v) is 5.57. The Morgan fingerprint density at radius 2 is 2.12 bits per heavy atom. The lowest BCUT2D eigenvalue weighted by molar-refractivity contribution is 0.756. The normalized spacial score (nSPS) is 14.5. The number of aromatic nitrogens is 3. The van der Waals surface area contributed by atoms with Crippen LogP contribution < -0.4 is 10.2 Å². The lowest BCUT2D eigenvalue weighted by Gasteiger charge is -2.21. The number of hydrogen-bond donors (Lipinski definition) is 2. The van der Waals surface area contributed by atoms with Crippen LogP contribution >= 0.6 is 15.9 Å². The second-order valence-electron chi connectivity index (χ2n) is 6.60. The van der Waals surface area contributed by atoms with Gasteiger partial charge in [0, 0.05) is 34.8 Å². The summed E-state index contributed by atoms with van der Waals surface area (Å²) in [5.41, 5.74) is 3.30. The molecule has 0 aliphatic heterocycles. The monoisotopic (exact) mass is 410 g/mol. The molecule has 1 saturated carbocycles. The number of benzene rings is 1. The SMILES string of the molecule is CN(c1cc(Br)c2ncc(C#N)c(NC3CCCC3)c2c1)c1cnc[nH]1. The molecule has 0 saturated heterocycles. The fourth-order valence-corrected chi connectivity index (χ4v) is 4.08. The van der Waals surface area contributed by atoms with E-state index in [0.29, 0.717) is 11.6 Å². The molecule has 2 heterocycles. The Labute approximate surface area is 160 Å². The van der Waals surface area contributed by atoms with Gasteiger partial charge in [-0.15, -0.1) is 0 Å². The summed E-state index contributed by atoms with van der Waals surface area (Å²) in [6, 6.07) is 6.81. The molecule has 0 amide bonds. The molecule has 0 bridgehead atoms. The van der Waals surface area contributed by atoms with E-state index in [1.807, 2.05) is 18.0 Å². The van der Waals surface area contributed by atoms with Crippen LogP contribution in [0.4, 0.5) is 17.2 Å². The highest BCUT2D eigenvalue weighted by Crippen LogP contribution is 2.37. The van der Waals surface area contributed by atoms with E-state index >= 15 is 0 Å². The number of halogens is 1. The first kappa shape index (κ1) is 16.9. The van der Waals surface area contributed by atoms with E-state index in [1.54, 1.807) is 18.7 Å². The van der Waals surface area contributed by atoms with Crippen LogP contribution in [0.1, 0.15) is 31.2 Å². The molecule has 7 heteroatoms. The van der Waals surface area contributed by atoms with Gasteiger partial charge in [0.1, 0.15) is 11.9 Å². The van der Waals surface area contributed by atoms with Crippen LogP contribution in [0.15, 0.2) is 35.3 Å². The van der Waals surface area contributed by atoms with Gasteiger partial charge in [-0.3, -0.25) is 4.98 Å². The molecule has 0 atom stereocenters. The van der Waals surface area contributed by atoms with E-state index in [-0.39, 0.29) is 0 Å². The molecule has 3 aromatic rings. The second kappa shape index (κ2) is 6.96. The van der Waals surface area contributed by atoms with Gasteiger partial charge in [0.15, 0.2) is 0 Å². The van der Waals surface area contributed by atoms with Gasteiger partial charge in [0.2, 0.25) is 0 Å². The van der Waals surface area contributed by atoms with E-state index in [4.69, 9.17) is 0 Å². The van der Waals surface area contributed by atoms with Gasteiger partial charge in [-0.05, 0) is 40.9 Å². The van der Waals surface area contributed by atoms with Gasteiger partial charge in [-0.2, -0.15) is 5.26 Å². The standard InChI is InChI=1S/C19H19BrN6/c1-26(17-10-22-11-24-17)14-6-15-18(25-13-4-2-3-5-13)12(8-21)9-23-19(15)16(20)7-14/h6-7,9-11,13H,2-5H2,1H3,(H,22,24)(H,23,25). The minimum atomic E-state index is 0.417. The lowest BCUT2D eigenvalue weighted by atomic mass is 10.1. The van der Waals surface area contributed by atoms with Gasteiger partial charge in [-0.25, -0.2) is 4.98 Å². The maximum absolute atomic E-state index is 9.58. The van der Waals surface area contributed by atoms with Crippen molar-refractivity contribution in [1.82, 2.24) is 15.0 Å². The number of fused-ring (bicyclic) bond motifs is 1. The summed E-state index contributed by atoms with van der Waals surface area (Å²) >= 11 is 3.65. The first-order valence-electron chi connectivity index (χ1n) is 8.68. The second-order valence-corrected chi connectivity index (χ2v) is 7.46. The van der Waals surface area contributed by atoms with Crippen molar-refractivity contribution >= 4 is 44.0 Å². The fourth-order valence-electron chi connectivity index (χ4n) is 3.52. The molecule has 1 aliphatic carbocycles. The molecular weight excluding hydrogens is 392 g/mol. The van der Waals surface area contributed by atoms with Crippen LogP contribution in [0.25, 0.3) is 10.9 Å². The number of aromatic amines is 1. The van der Waals surface area contributed by atoms with Crippen molar-refractivity contribution in [2.24, 2.45) is 0 Å². The Balaban J connectivity index is 1.85. The molecule has 0 spiro atoms. The molecule has 1 fully saturated rings. The predicted molar refractivity (Wildman–Crippen MR) is 107 cm³/mol. The van der Waals surface area contributed by atoms with Crippen molar-refractivity contribution in [3.05, 3.63) is 40.9 Å². The van der Waals surface area contributed by atoms with Crippen LogP contribution in [0, 0.1) is 11.3 Å². The van der Waals surface area contributed by atoms with Crippen molar-refractivity contribution in [1.29, 1.82) is 5.26 Å². The van der Waals surface area contributed by atoms with Crippen LogP contribution in [-0.2, 0) is 0 Å². The number of pyridine rings is 1. The summed E-state index contributed by atoms with van der Waals surface area (Å²) in [6.45, 7) is 0. The molecule has 132 valence electrons. The summed E-state index contributed by atoms with van der Waals surface area (Å²) in [7, 11) is 1.98. The Morgan fingerprint density at radius 1 is 1.31 bits per heavy atom. The number of H-pyrrole nitrogens is 1. The number of nitriles is 1. The van der Waals surface area contributed by atoms with E-state index in [1.165, 1.54) is 12.8 Å². The minimum Gasteiger partial charge on any atom is -0.381 e. The molecule has 2 aromatic heterocycles. The molecular formula is C19H19BrN6. The van der Waals surface area contributed by atoms with Crippen molar-refractivity contribution in [2.45, 2.75) is 31.7 Å². The summed E-state index contributed by atoms with van der Waals surface area (Å²) in [5, 5.41) is 14.1. The quantitative estimate of drug-likeness (QED) is 0.650. The third kappa shape index (κ3) is 3.01. The first-order valence-corrected chi connectivity index (χ1v) is 9.47. The topological polar surface area (TPSA) is 80.6 Å². The highest BCUT2D eigenvalue weighted by molar-refractivity contribution is 9.10. The van der Waals surface area contributed by atoms with E-state index < -0.39 is 0 Å². The van der Waals surface area contributed by atoms with E-state index in [9.17, 15) is 5.26 Å². The van der Waals surface area contributed by atoms with Gasteiger partial charge in [0.25, 0.3) is 0 Å². The number of anilines is 3. The highest BCUT2D eigenvalue weighted by Gasteiger charge is 2.20. The summed E-state index contributed by atoms with van der Waals surface area (Å²) in [6.07, 6.45) is 9.85. The summed E-state index contributed by atoms with van der Waals surface area (Å²) < 4.78 is 0.898. The maximum Gasteiger partial charge on any atom is 0.130 e. The van der Waals surface area contributed by atoms with Crippen LogP contribution in [0.2, 0.25) is 0 Å². The summed E-state index contributed by atoms with van der Waals surface area (Å²) in [5.74, 6) is 0.894. The maximum atomic E-state index is 9.58. The third-order valence-electron chi connectivity index (χ3n) is 4.97. The molecule has 1 aromatic carbocycles. The molecule has 26 heavy (non-hydrogen) atoms. The van der Waals surface area contributed by atoms with Gasteiger partial charge < -0.3 is 15.2 Å². The van der Waals surface area contributed by atoms with E-state index in [2.05, 4.69) is 48.3 Å². The Bertz CT molecular complexity index is 970. The number of nitrogens with one attached hydrogen (secondary N) is 2.